The normalized spacial score (nSPS) is 15.0. The molecule has 182 valence electrons. The number of aldehydes is 1. The third-order valence-electron chi connectivity index (χ3n) is 6.04. The molecule has 1 aliphatic rings. The molecule has 0 bridgehead atoms. The first-order chi connectivity index (χ1) is 16.2. The van der Waals surface area contributed by atoms with Gasteiger partial charge in [0.15, 0.2) is 0 Å². The average Bonchev–Trinajstić information content (AvgIpc) is 3.34. The Labute approximate surface area is 196 Å². The number of hydrogen-bond acceptors (Lipinski definition) is 5. The number of aromatic nitrogens is 3. The highest BCUT2D eigenvalue weighted by atomic mass is 19.4. The molecule has 0 radical (unpaired) electrons. The zero-order chi connectivity index (χ0) is 24.9. The Morgan fingerprint density at radius 2 is 1.82 bits per heavy atom. The summed E-state index contributed by atoms with van der Waals surface area (Å²) in [7, 11) is 1.61. The van der Waals surface area contributed by atoms with Crippen LogP contribution >= 0.6 is 0 Å². The third-order valence-corrected chi connectivity index (χ3v) is 6.04. The Bertz CT molecular complexity index is 1180. The van der Waals surface area contributed by atoms with Crippen LogP contribution in [-0.4, -0.2) is 26.9 Å². The summed E-state index contributed by atoms with van der Waals surface area (Å²) in [5.41, 5.74) is 0.513. The second-order valence-corrected chi connectivity index (χ2v) is 8.63. The summed E-state index contributed by atoms with van der Waals surface area (Å²) < 4.78 is 39.9. The molecule has 1 unspecified atom stereocenters. The molecule has 1 aromatic carbocycles. The van der Waals surface area contributed by atoms with Gasteiger partial charge in [-0.15, -0.1) is 0 Å². The van der Waals surface area contributed by atoms with Crippen molar-refractivity contribution >= 4 is 23.0 Å². The maximum atomic E-state index is 12.8. The van der Waals surface area contributed by atoms with Crippen LogP contribution in [0.2, 0.25) is 0 Å². The van der Waals surface area contributed by atoms with Crippen LogP contribution < -0.4 is 10.9 Å². The molecule has 0 saturated heterocycles. The summed E-state index contributed by atoms with van der Waals surface area (Å²) in [4.78, 5) is 31.3. The van der Waals surface area contributed by atoms with Gasteiger partial charge in [0.2, 0.25) is 0 Å². The van der Waals surface area contributed by atoms with Gasteiger partial charge in [-0.3, -0.25) is 4.79 Å². The molecule has 1 aliphatic carbocycles. The number of carbonyl (C=O) groups excluding carboxylic acids is 1. The van der Waals surface area contributed by atoms with E-state index in [1.807, 2.05) is 13.8 Å². The van der Waals surface area contributed by atoms with Gasteiger partial charge in [0, 0.05) is 30.8 Å². The molecule has 2 heterocycles. The minimum Gasteiger partial charge on any atom is -0.367 e. The summed E-state index contributed by atoms with van der Waals surface area (Å²) in [5, 5.41) is 3.70. The number of anilines is 1. The topological polar surface area (TPSA) is 76.9 Å². The lowest BCUT2D eigenvalue weighted by Crippen LogP contribution is -2.22. The molecule has 1 N–H and O–H groups in total. The predicted octanol–water partition coefficient (Wildman–Crippen LogP) is 5.60. The number of aryl methyl sites for hydroxylation is 1. The number of nitrogens with zero attached hydrogens (tertiary/aromatic N) is 3. The molecule has 4 rings (SSSR count). The van der Waals surface area contributed by atoms with E-state index < -0.39 is 11.7 Å². The van der Waals surface area contributed by atoms with Crippen LogP contribution in [0, 0.1) is 5.92 Å². The van der Waals surface area contributed by atoms with Gasteiger partial charge in [-0.1, -0.05) is 38.8 Å². The number of rotatable bonds is 5. The second-order valence-electron chi connectivity index (χ2n) is 8.63. The lowest BCUT2D eigenvalue weighted by molar-refractivity contribution is -0.137. The van der Waals surface area contributed by atoms with Gasteiger partial charge in [-0.2, -0.15) is 13.2 Å². The van der Waals surface area contributed by atoms with Gasteiger partial charge >= 0.3 is 6.18 Å². The number of benzene rings is 1. The van der Waals surface area contributed by atoms with Crippen molar-refractivity contribution in [3.63, 3.8) is 0 Å². The van der Waals surface area contributed by atoms with Crippen molar-refractivity contribution < 1.29 is 18.0 Å². The smallest absolute Gasteiger partial charge is 0.367 e. The Kier molecular flexibility index (Phi) is 8.06. The summed E-state index contributed by atoms with van der Waals surface area (Å²) in [6.45, 7) is 3.91. The number of carbonyl (C=O) groups is 1. The third kappa shape index (κ3) is 5.81. The fraction of sp³-hybridized carbons (Fsp3) is 0.440. The minimum absolute atomic E-state index is 0.244. The maximum Gasteiger partial charge on any atom is 0.416 e. The molecule has 1 atom stereocenters. The van der Waals surface area contributed by atoms with Crippen LogP contribution in [0.1, 0.15) is 51.5 Å². The molecule has 0 aliphatic heterocycles. The average molecular weight is 475 g/mol. The van der Waals surface area contributed by atoms with Crippen molar-refractivity contribution in [1.82, 2.24) is 14.5 Å². The van der Waals surface area contributed by atoms with Crippen LogP contribution in [0.4, 0.5) is 19.0 Å². The molecule has 6 nitrogen and oxygen atoms in total. The highest BCUT2D eigenvalue weighted by Crippen LogP contribution is 2.33. The summed E-state index contributed by atoms with van der Waals surface area (Å²) in [5.74, 6) is 0.733. The largest absolute Gasteiger partial charge is 0.416 e. The molecule has 1 fully saturated rings. The van der Waals surface area contributed by atoms with Crippen molar-refractivity contribution in [3.05, 3.63) is 52.7 Å². The Hall–Kier alpha value is -3.23. The van der Waals surface area contributed by atoms with Crippen LogP contribution in [-0.2, 0) is 18.0 Å². The van der Waals surface area contributed by atoms with Crippen molar-refractivity contribution in [1.29, 1.82) is 0 Å². The van der Waals surface area contributed by atoms with Gasteiger partial charge < -0.3 is 14.7 Å². The standard InChI is InChI=1S/C20H19F3N4O.C5H10O/c1-27-11-25-17-15(12-6-8-13(9-7-12)20(21,22)23)10-24-18(16(17)19(27)28)26-14-4-2-3-5-14;1-3-5(2)4-6/h6-11,14H,2-5H2,1H3,(H,24,26);4-5H,3H2,1-2H3. The van der Waals surface area contributed by atoms with Crippen molar-refractivity contribution in [2.45, 2.75) is 58.2 Å². The molecule has 3 aromatic rings. The highest BCUT2D eigenvalue weighted by Gasteiger charge is 2.30. The summed E-state index contributed by atoms with van der Waals surface area (Å²) in [6, 6.07) is 5.06. The monoisotopic (exact) mass is 474 g/mol. The van der Waals surface area contributed by atoms with E-state index >= 15 is 0 Å². The van der Waals surface area contributed by atoms with Crippen LogP contribution in [0.3, 0.4) is 0 Å². The Balaban J connectivity index is 0.000000481. The Morgan fingerprint density at radius 1 is 1.18 bits per heavy atom. The van der Waals surface area contributed by atoms with E-state index in [0.29, 0.717) is 27.8 Å². The van der Waals surface area contributed by atoms with E-state index in [1.165, 1.54) is 23.0 Å². The van der Waals surface area contributed by atoms with Crippen molar-refractivity contribution in [2.24, 2.45) is 13.0 Å². The molecule has 2 aromatic heterocycles. The lowest BCUT2D eigenvalue weighted by atomic mass is 10.0. The molecular formula is C25H29F3N4O2. The van der Waals surface area contributed by atoms with Gasteiger partial charge in [-0.05, 0) is 37.0 Å². The number of pyridine rings is 1. The fourth-order valence-electron chi connectivity index (χ4n) is 3.73. The van der Waals surface area contributed by atoms with E-state index in [0.717, 1.165) is 50.5 Å². The van der Waals surface area contributed by atoms with E-state index in [9.17, 15) is 22.8 Å². The van der Waals surface area contributed by atoms with Gasteiger partial charge in [-0.25, -0.2) is 9.97 Å². The van der Waals surface area contributed by atoms with Gasteiger partial charge in [0.25, 0.3) is 5.56 Å². The number of alkyl halides is 3. The first-order valence-electron chi connectivity index (χ1n) is 11.4. The maximum absolute atomic E-state index is 12.8. The Morgan fingerprint density at radius 3 is 2.35 bits per heavy atom. The number of halogens is 3. The molecule has 9 heteroatoms. The van der Waals surface area contributed by atoms with Crippen LogP contribution in [0.5, 0.6) is 0 Å². The van der Waals surface area contributed by atoms with Crippen molar-refractivity contribution in [2.75, 3.05) is 5.32 Å². The minimum atomic E-state index is -4.40. The molecular weight excluding hydrogens is 445 g/mol. The van der Waals surface area contributed by atoms with Gasteiger partial charge in [0.1, 0.15) is 17.5 Å². The van der Waals surface area contributed by atoms with E-state index in [4.69, 9.17) is 0 Å². The molecule has 34 heavy (non-hydrogen) atoms. The zero-order valence-electron chi connectivity index (χ0n) is 19.5. The zero-order valence-corrected chi connectivity index (χ0v) is 19.5. The predicted molar refractivity (Wildman–Crippen MR) is 127 cm³/mol. The van der Waals surface area contributed by atoms with Crippen LogP contribution in [0.15, 0.2) is 41.6 Å². The number of nitrogens with one attached hydrogen (secondary N) is 1. The van der Waals surface area contributed by atoms with E-state index in [1.54, 1.807) is 13.2 Å². The van der Waals surface area contributed by atoms with Gasteiger partial charge in [0.05, 0.1) is 17.4 Å². The lowest BCUT2D eigenvalue weighted by Gasteiger charge is -2.16. The molecule has 1 saturated carbocycles. The quantitative estimate of drug-likeness (QED) is 0.487. The second kappa shape index (κ2) is 10.8. The van der Waals surface area contributed by atoms with Crippen LogP contribution in [0.25, 0.3) is 22.0 Å². The summed E-state index contributed by atoms with van der Waals surface area (Å²) >= 11 is 0. The first kappa shape index (κ1) is 25.4. The number of fused-ring (bicyclic) bond motifs is 1. The first-order valence-corrected chi connectivity index (χ1v) is 11.4. The molecule has 0 spiro atoms. The van der Waals surface area contributed by atoms with E-state index in [2.05, 4.69) is 15.3 Å². The SMILES string of the molecule is CCC(C)C=O.Cn1cnc2c(-c3ccc(C(F)(F)F)cc3)cnc(NC3CCCC3)c2c1=O. The highest BCUT2D eigenvalue weighted by molar-refractivity contribution is 5.98. The fourth-order valence-corrected chi connectivity index (χ4v) is 3.73. The van der Waals surface area contributed by atoms with Crippen molar-refractivity contribution in [3.8, 4) is 11.1 Å². The van der Waals surface area contributed by atoms with E-state index in [-0.39, 0.29) is 17.5 Å². The number of hydrogen-bond donors (Lipinski definition) is 1. The molecule has 0 amide bonds. The summed E-state index contributed by atoms with van der Waals surface area (Å²) in [6.07, 6.45) is 4.82.